The molecule has 5 rings (SSSR count). The third-order valence-corrected chi connectivity index (χ3v) is 10.0. The first-order valence-corrected chi connectivity index (χ1v) is 12.6. The van der Waals surface area contributed by atoms with Crippen molar-refractivity contribution in [3.63, 3.8) is 0 Å². The molecule has 4 aliphatic carbocycles. The molecular formula is C27H35F3N2O3. The maximum absolute atomic E-state index is 13.0. The summed E-state index contributed by atoms with van der Waals surface area (Å²) < 4.78 is 38.5. The Bertz CT molecular complexity index is 1030. The van der Waals surface area contributed by atoms with Crippen LogP contribution in [-0.2, 0) is 6.18 Å². The molecule has 0 aliphatic heterocycles. The number of amides is 2. The van der Waals surface area contributed by atoms with Crippen LogP contribution < -0.4 is 10.6 Å². The molecule has 35 heavy (non-hydrogen) atoms. The highest BCUT2D eigenvalue weighted by Crippen LogP contribution is 2.70. The molecule has 5 nitrogen and oxygen atoms in total. The number of benzene rings is 1. The van der Waals surface area contributed by atoms with Crippen molar-refractivity contribution in [3.8, 4) is 0 Å². The van der Waals surface area contributed by atoms with E-state index >= 15 is 0 Å². The van der Waals surface area contributed by atoms with E-state index in [1.165, 1.54) is 12.1 Å². The minimum absolute atomic E-state index is 0.0707. The van der Waals surface area contributed by atoms with Gasteiger partial charge in [0.1, 0.15) is 0 Å². The van der Waals surface area contributed by atoms with E-state index in [4.69, 9.17) is 0 Å². The lowest BCUT2D eigenvalue weighted by Gasteiger charge is -2.65. The molecule has 4 aliphatic rings. The Hall–Kier alpha value is -2.06. The average molecular weight is 493 g/mol. The van der Waals surface area contributed by atoms with Crippen LogP contribution >= 0.6 is 0 Å². The van der Waals surface area contributed by atoms with E-state index in [2.05, 4.69) is 24.1 Å². The molecule has 1 aromatic carbocycles. The number of anilines is 1. The number of hydrogen-bond donors (Lipinski definition) is 4. The second kappa shape index (κ2) is 7.97. The molecule has 0 radical (unpaired) electrons. The Labute approximate surface area is 204 Å². The maximum atomic E-state index is 13.0. The van der Waals surface area contributed by atoms with Crippen molar-refractivity contribution in [3.05, 3.63) is 42.0 Å². The van der Waals surface area contributed by atoms with Gasteiger partial charge in [-0.3, -0.25) is 0 Å². The third-order valence-electron chi connectivity index (χ3n) is 10.0. The van der Waals surface area contributed by atoms with Gasteiger partial charge in [0.2, 0.25) is 0 Å². The molecule has 8 heteroatoms. The fourth-order valence-electron chi connectivity index (χ4n) is 8.79. The zero-order valence-corrected chi connectivity index (χ0v) is 20.3. The van der Waals surface area contributed by atoms with E-state index < -0.39 is 35.5 Å². The molecule has 1 aromatic rings. The largest absolute Gasteiger partial charge is 0.416 e. The normalized spacial score (nSPS) is 42.7. The molecule has 2 amide bonds. The van der Waals surface area contributed by atoms with Crippen molar-refractivity contribution >= 4 is 11.7 Å². The molecule has 4 N–H and O–H groups in total. The zero-order valence-electron chi connectivity index (χ0n) is 20.3. The lowest BCUT2D eigenvalue weighted by atomic mass is 9.41. The molecule has 192 valence electrons. The molecule has 0 aromatic heterocycles. The van der Waals surface area contributed by atoms with E-state index in [0.29, 0.717) is 12.1 Å². The van der Waals surface area contributed by atoms with Gasteiger partial charge in [-0.25, -0.2) is 4.79 Å². The fourth-order valence-corrected chi connectivity index (χ4v) is 8.79. The van der Waals surface area contributed by atoms with E-state index in [1.807, 2.05) is 6.92 Å². The molecule has 8 atom stereocenters. The van der Waals surface area contributed by atoms with Crippen LogP contribution in [0.15, 0.2) is 36.4 Å². The van der Waals surface area contributed by atoms with Crippen molar-refractivity contribution in [1.82, 2.24) is 5.32 Å². The number of hydrogen-bond acceptors (Lipinski definition) is 3. The Balaban J connectivity index is 1.36. The Morgan fingerprint density at radius 1 is 1.11 bits per heavy atom. The van der Waals surface area contributed by atoms with E-state index in [1.54, 1.807) is 0 Å². The van der Waals surface area contributed by atoms with Crippen molar-refractivity contribution in [2.24, 2.45) is 28.6 Å². The van der Waals surface area contributed by atoms with Gasteiger partial charge < -0.3 is 20.8 Å². The maximum Gasteiger partial charge on any atom is 0.416 e. The number of carbonyl (C=O) groups is 1. The molecular weight excluding hydrogens is 457 g/mol. The third kappa shape index (κ3) is 3.70. The number of carbonyl (C=O) groups excluding carboxylic acids is 1. The number of nitrogens with one attached hydrogen (secondary N) is 2. The van der Waals surface area contributed by atoms with Gasteiger partial charge in [-0.05, 0) is 98.5 Å². The highest BCUT2D eigenvalue weighted by Gasteiger charge is 2.69. The van der Waals surface area contributed by atoms with Crippen molar-refractivity contribution in [2.75, 3.05) is 5.32 Å². The molecule has 0 heterocycles. The quantitative estimate of drug-likeness (QED) is 0.412. The van der Waals surface area contributed by atoms with Gasteiger partial charge in [0.15, 0.2) is 0 Å². The first kappa shape index (κ1) is 24.6. The molecule has 0 unspecified atom stereocenters. The van der Waals surface area contributed by atoms with Crippen molar-refractivity contribution in [2.45, 2.75) is 82.7 Å². The Kier molecular flexibility index (Phi) is 5.61. The lowest BCUT2D eigenvalue weighted by Crippen LogP contribution is -2.67. The highest BCUT2D eigenvalue weighted by molar-refractivity contribution is 5.89. The van der Waals surface area contributed by atoms with Crippen LogP contribution in [0.1, 0.15) is 64.4 Å². The minimum Gasteiger partial charge on any atom is -0.393 e. The van der Waals surface area contributed by atoms with Crippen LogP contribution in [0.25, 0.3) is 0 Å². The summed E-state index contributed by atoms with van der Waals surface area (Å²) >= 11 is 0. The number of alkyl halides is 3. The van der Waals surface area contributed by atoms with Crippen molar-refractivity contribution < 1.29 is 28.2 Å². The minimum atomic E-state index is -4.43. The van der Waals surface area contributed by atoms with Crippen LogP contribution in [0.3, 0.4) is 0 Å². The number of fused-ring (bicyclic) bond motifs is 3. The van der Waals surface area contributed by atoms with Gasteiger partial charge in [-0.2, -0.15) is 13.2 Å². The summed E-state index contributed by atoms with van der Waals surface area (Å²) in [6.07, 6.45) is 0.141. The van der Waals surface area contributed by atoms with Gasteiger partial charge in [0, 0.05) is 16.6 Å². The summed E-state index contributed by atoms with van der Waals surface area (Å²) in [6, 6.07) is 3.96. The van der Waals surface area contributed by atoms with Crippen LogP contribution in [0.5, 0.6) is 0 Å². The van der Waals surface area contributed by atoms with Gasteiger partial charge >= 0.3 is 12.2 Å². The van der Waals surface area contributed by atoms with Crippen molar-refractivity contribution in [1.29, 1.82) is 0 Å². The topological polar surface area (TPSA) is 81.6 Å². The van der Waals surface area contributed by atoms with Crippen LogP contribution in [0, 0.1) is 28.6 Å². The smallest absolute Gasteiger partial charge is 0.393 e. The van der Waals surface area contributed by atoms with Crippen LogP contribution in [0.4, 0.5) is 23.7 Å². The van der Waals surface area contributed by atoms with Gasteiger partial charge in [0.25, 0.3) is 0 Å². The Morgan fingerprint density at radius 3 is 2.46 bits per heavy atom. The molecule has 4 fully saturated rings. The predicted octanol–water partition coefficient (Wildman–Crippen LogP) is 5.49. The second-order valence-corrected chi connectivity index (χ2v) is 11.9. The predicted molar refractivity (Wildman–Crippen MR) is 126 cm³/mol. The monoisotopic (exact) mass is 492 g/mol. The number of aliphatic hydroxyl groups is 2. The van der Waals surface area contributed by atoms with Gasteiger partial charge in [-0.15, -0.1) is 0 Å². The summed E-state index contributed by atoms with van der Waals surface area (Å²) in [5.41, 5.74) is -0.766. The van der Waals surface area contributed by atoms with Gasteiger partial charge in [-0.1, -0.05) is 19.9 Å². The first-order chi connectivity index (χ1) is 16.3. The summed E-state index contributed by atoms with van der Waals surface area (Å²) in [5, 5.41) is 28.4. The summed E-state index contributed by atoms with van der Waals surface area (Å²) in [4.78, 5) is 13.0. The number of halogens is 3. The second-order valence-electron chi connectivity index (χ2n) is 11.9. The van der Waals surface area contributed by atoms with E-state index in [-0.39, 0.29) is 28.6 Å². The molecule has 2 bridgehead atoms. The van der Waals surface area contributed by atoms with Crippen LogP contribution in [-0.4, -0.2) is 34.0 Å². The van der Waals surface area contributed by atoms with E-state index in [0.717, 1.165) is 56.2 Å². The van der Waals surface area contributed by atoms with E-state index in [9.17, 15) is 28.2 Å². The molecule has 1 spiro atoms. The number of rotatable bonds is 2. The number of aliphatic hydroxyl groups excluding tert-OH is 2. The Morgan fingerprint density at radius 2 is 1.80 bits per heavy atom. The highest BCUT2D eigenvalue weighted by atomic mass is 19.4. The number of urea groups is 1. The molecule has 0 saturated heterocycles. The summed E-state index contributed by atoms with van der Waals surface area (Å²) in [7, 11) is 0. The van der Waals surface area contributed by atoms with Gasteiger partial charge in [0.05, 0.1) is 17.8 Å². The standard InChI is InChI=1S/C27H35F3N2O3/c1-15-16-13-19(33)21-24(2)10-4-11-25(3,20(24)9-12-26(21,14-16)22(15)34)32-23(35)31-18-7-5-17(6-8-18)27(28,29)30/h5-8,16,19-22,33-34H,1,4,9-14H2,2-3H3,(H2,31,32,35)/t16-,19+,20+,21+,22-,24-,25-,26-/m1/s1. The average Bonchev–Trinajstić information content (AvgIpc) is 2.93. The molecule has 4 saturated carbocycles. The first-order valence-electron chi connectivity index (χ1n) is 12.6. The zero-order chi connectivity index (χ0) is 25.4. The lowest BCUT2D eigenvalue weighted by molar-refractivity contribution is -0.195. The summed E-state index contributed by atoms with van der Waals surface area (Å²) in [5.74, 6) is 0.197. The SMILES string of the molecule is C=C1[C@@H]2C[C@H](O)[C@H]3[C@]4(C)CCC[C@@](C)(NC(=O)Nc5ccc(C(F)(F)F)cc5)[C@H]4CC[C@]3(C2)[C@@H]1O. The van der Waals surface area contributed by atoms with Crippen LogP contribution in [0.2, 0.25) is 0 Å². The summed E-state index contributed by atoms with van der Waals surface area (Å²) in [6.45, 7) is 8.42. The fraction of sp³-hybridized carbons (Fsp3) is 0.667.